The average Bonchev–Trinajstić information content (AvgIpc) is 2.80. The molecule has 2 aromatic carbocycles. The summed E-state index contributed by atoms with van der Waals surface area (Å²) in [6, 6.07) is 14.3. The monoisotopic (exact) mass is 438 g/mol. The van der Waals surface area contributed by atoms with Gasteiger partial charge in [0, 0.05) is 11.6 Å². The molecule has 6 heteroatoms. The number of unbranched alkanes of at least 4 members (excludes halogenated alkanes) is 3. The first-order valence-electron chi connectivity index (χ1n) is 10.6. The van der Waals surface area contributed by atoms with Crippen LogP contribution < -0.4 is 14.2 Å². The molecule has 0 unspecified atom stereocenters. The molecule has 0 bridgehead atoms. The molecule has 0 saturated heterocycles. The zero-order valence-corrected chi connectivity index (χ0v) is 18.7. The fourth-order valence-corrected chi connectivity index (χ4v) is 2.67. The number of methoxy groups -OCH3 is 1. The molecule has 32 heavy (non-hydrogen) atoms. The lowest BCUT2D eigenvalue weighted by molar-refractivity contribution is -0.139. The number of carbonyl (C=O) groups excluding carboxylic acids is 2. The van der Waals surface area contributed by atoms with Gasteiger partial charge < -0.3 is 18.9 Å². The van der Waals surface area contributed by atoms with E-state index in [1.807, 2.05) is 24.3 Å². The second kappa shape index (κ2) is 13.7. The van der Waals surface area contributed by atoms with Crippen molar-refractivity contribution in [3.63, 3.8) is 0 Å². The fourth-order valence-electron chi connectivity index (χ4n) is 2.67. The van der Waals surface area contributed by atoms with Crippen LogP contribution in [0.25, 0.3) is 6.08 Å². The quantitative estimate of drug-likeness (QED) is 0.181. The third kappa shape index (κ3) is 9.51. The van der Waals surface area contributed by atoms with E-state index in [-0.39, 0.29) is 5.97 Å². The van der Waals surface area contributed by atoms with Gasteiger partial charge in [-0.2, -0.15) is 0 Å². The molecule has 0 aliphatic rings. The van der Waals surface area contributed by atoms with Crippen LogP contribution in [0.3, 0.4) is 0 Å². The molecule has 0 atom stereocenters. The van der Waals surface area contributed by atoms with E-state index in [2.05, 4.69) is 6.58 Å². The summed E-state index contributed by atoms with van der Waals surface area (Å²) in [4.78, 5) is 23.2. The van der Waals surface area contributed by atoms with Crippen molar-refractivity contribution < 1.29 is 28.5 Å². The molecular formula is C26H30O6. The molecule has 2 aromatic rings. The SMILES string of the molecule is C=C(C)C(=O)OCCCCCCOc1ccc(C=CC(=O)Oc2ccc(OC)cc2)cc1. The molecule has 6 nitrogen and oxygen atoms in total. The number of rotatable bonds is 13. The van der Waals surface area contributed by atoms with Crippen molar-refractivity contribution in [1.82, 2.24) is 0 Å². The molecule has 2 rings (SSSR count). The summed E-state index contributed by atoms with van der Waals surface area (Å²) < 4.78 is 21.1. The Labute approximate surface area is 189 Å². The molecule has 0 saturated carbocycles. The van der Waals surface area contributed by atoms with Crippen LogP contribution in [-0.2, 0) is 14.3 Å². The number of esters is 2. The predicted molar refractivity (Wildman–Crippen MR) is 124 cm³/mol. The van der Waals surface area contributed by atoms with Gasteiger partial charge >= 0.3 is 11.9 Å². The zero-order valence-electron chi connectivity index (χ0n) is 18.7. The van der Waals surface area contributed by atoms with Gasteiger partial charge in [0.05, 0.1) is 20.3 Å². The maximum Gasteiger partial charge on any atom is 0.336 e. The molecule has 170 valence electrons. The Balaban J connectivity index is 1.62. The smallest absolute Gasteiger partial charge is 0.336 e. The Morgan fingerprint density at radius 1 is 0.844 bits per heavy atom. The molecule has 0 N–H and O–H groups in total. The van der Waals surface area contributed by atoms with Gasteiger partial charge in [0.15, 0.2) is 0 Å². The summed E-state index contributed by atoms with van der Waals surface area (Å²) in [5.74, 6) is 1.14. The van der Waals surface area contributed by atoms with Crippen molar-refractivity contribution in [3.8, 4) is 17.2 Å². The van der Waals surface area contributed by atoms with Crippen molar-refractivity contribution in [2.45, 2.75) is 32.6 Å². The predicted octanol–water partition coefficient (Wildman–Crippen LogP) is 5.37. The third-order valence-corrected chi connectivity index (χ3v) is 4.46. The number of hydrogen-bond donors (Lipinski definition) is 0. The molecule has 0 aliphatic carbocycles. The molecular weight excluding hydrogens is 408 g/mol. The molecule has 0 amide bonds. The fraction of sp³-hybridized carbons (Fsp3) is 0.308. The topological polar surface area (TPSA) is 71.1 Å². The van der Waals surface area contributed by atoms with E-state index in [1.54, 1.807) is 44.4 Å². The van der Waals surface area contributed by atoms with Crippen molar-refractivity contribution in [1.29, 1.82) is 0 Å². The van der Waals surface area contributed by atoms with E-state index in [4.69, 9.17) is 18.9 Å². The lowest BCUT2D eigenvalue weighted by Gasteiger charge is -2.07. The molecule has 0 spiro atoms. The Kier molecular flexibility index (Phi) is 10.6. The van der Waals surface area contributed by atoms with Crippen LogP contribution in [0.2, 0.25) is 0 Å². The van der Waals surface area contributed by atoms with Gasteiger partial charge in [-0.1, -0.05) is 18.7 Å². The summed E-state index contributed by atoms with van der Waals surface area (Å²) in [6.07, 6.45) is 6.81. The van der Waals surface area contributed by atoms with Gasteiger partial charge in [-0.25, -0.2) is 9.59 Å². The van der Waals surface area contributed by atoms with Crippen molar-refractivity contribution in [2.24, 2.45) is 0 Å². The van der Waals surface area contributed by atoms with E-state index in [0.29, 0.717) is 30.3 Å². The number of carbonyl (C=O) groups is 2. The lowest BCUT2D eigenvalue weighted by atomic mass is 10.2. The number of ether oxygens (including phenoxy) is 4. The second-order valence-corrected chi connectivity index (χ2v) is 7.18. The Morgan fingerprint density at radius 3 is 2.06 bits per heavy atom. The van der Waals surface area contributed by atoms with E-state index < -0.39 is 5.97 Å². The molecule has 0 heterocycles. The maximum atomic E-state index is 11.9. The summed E-state index contributed by atoms with van der Waals surface area (Å²) >= 11 is 0. The molecule has 0 fully saturated rings. The van der Waals surface area contributed by atoms with Gasteiger partial charge in [-0.3, -0.25) is 0 Å². The second-order valence-electron chi connectivity index (χ2n) is 7.18. The summed E-state index contributed by atoms with van der Waals surface area (Å²) in [6.45, 7) is 6.23. The van der Waals surface area contributed by atoms with Crippen LogP contribution in [-0.4, -0.2) is 32.3 Å². The average molecular weight is 439 g/mol. The van der Waals surface area contributed by atoms with Crippen molar-refractivity contribution in [2.75, 3.05) is 20.3 Å². The number of hydrogen-bond acceptors (Lipinski definition) is 6. The van der Waals surface area contributed by atoms with Gasteiger partial charge in [0.2, 0.25) is 0 Å². The van der Waals surface area contributed by atoms with Crippen LogP contribution in [0, 0.1) is 0 Å². The highest BCUT2D eigenvalue weighted by Gasteiger charge is 2.03. The van der Waals surface area contributed by atoms with E-state index in [1.165, 1.54) is 6.08 Å². The Morgan fingerprint density at radius 2 is 1.44 bits per heavy atom. The van der Waals surface area contributed by atoms with Gasteiger partial charge in [0.25, 0.3) is 0 Å². The number of benzene rings is 2. The van der Waals surface area contributed by atoms with E-state index >= 15 is 0 Å². The van der Waals surface area contributed by atoms with Crippen LogP contribution >= 0.6 is 0 Å². The lowest BCUT2D eigenvalue weighted by Crippen LogP contribution is -2.06. The Bertz CT molecular complexity index is 897. The summed E-state index contributed by atoms with van der Waals surface area (Å²) in [5, 5.41) is 0. The highest BCUT2D eigenvalue weighted by molar-refractivity contribution is 5.88. The molecule has 0 aliphatic heterocycles. The van der Waals surface area contributed by atoms with Gasteiger partial charge in [-0.05, 0) is 80.6 Å². The van der Waals surface area contributed by atoms with E-state index in [0.717, 1.165) is 37.0 Å². The third-order valence-electron chi connectivity index (χ3n) is 4.46. The standard InChI is InChI=1S/C26H30O6/c1-20(2)26(28)31-19-7-5-4-6-18-30-23-11-8-21(9-12-23)10-17-25(27)32-24-15-13-22(29-3)14-16-24/h8-17H,1,4-7,18-19H2,2-3H3. The zero-order chi connectivity index (χ0) is 23.2. The van der Waals surface area contributed by atoms with Crippen LogP contribution in [0.15, 0.2) is 66.8 Å². The van der Waals surface area contributed by atoms with Crippen LogP contribution in [0.4, 0.5) is 0 Å². The highest BCUT2D eigenvalue weighted by Crippen LogP contribution is 2.18. The molecule has 0 aromatic heterocycles. The first-order chi connectivity index (χ1) is 15.5. The van der Waals surface area contributed by atoms with Crippen molar-refractivity contribution >= 4 is 18.0 Å². The minimum Gasteiger partial charge on any atom is -0.497 e. The van der Waals surface area contributed by atoms with E-state index in [9.17, 15) is 9.59 Å². The van der Waals surface area contributed by atoms with Gasteiger partial charge in [0.1, 0.15) is 17.2 Å². The van der Waals surface area contributed by atoms with Crippen LogP contribution in [0.1, 0.15) is 38.2 Å². The minimum atomic E-state index is -0.454. The minimum absolute atomic E-state index is 0.333. The summed E-state index contributed by atoms with van der Waals surface area (Å²) in [7, 11) is 1.58. The first kappa shape index (κ1) is 24.7. The van der Waals surface area contributed by atoms with Gasteiger partial charge in [-0.15, -0.1) is 0 Å². The Hall–Kier alpha value is -3.54. The highest BCUT2D eigenvalue weighted by atomic mass is 16.5. The van der Waals surface area contributed by atoms with Crippen molar-refractivity contribution in [3.05, 3.63) is 72.3 Å². The maximum absolute atomic E-state index is 11.9. The van der Waals surface area contributed by atoms with Crippen LogP contribution in [0.5, 0.6) is 17.2 Å². The largest absolute Gasteiger partial charge is 0.497 e. The summed E-state index contributed by atoms with van der Waals surface area (Å²) in [5.41, 5.74) is 1.29. The normalized spacial score (nSPS) is 10.6. The first-order valence-corrected chi connectivity index (χ1v) is 10.6. The molecule has 0 radical (unpaired) electrons.